The van der Waals surface area contributed by atoms with E-state index in [-0.39, 0.29) is 0 Å². The largest absolute Gasteiger partial charge is 0.315 e. The van der Waals surface area contributed by atoms with E-state index in [1.807, 2.05) is 0 Å². The second-order valence-electron chi connectivity index (χ2n) is 5.71. The maximum atomic E-state index is 3.59. The molecule has 1 aliphatic rings. The van der Waals surface area contributed by atoms with Crippen LogP contribution in [0.1, 0.15) is 33.6 Å². The first kappa shape index (κ1) is 14.9. The molecule has 1 unspecified atom stereocenters. The fourth-order valence-electron chi connectivity index (χ4n) is 2.61. The van der Waals surface area contributed by atoms with Crippen LogP contribution in [-0.2, 0) is 0 Å². The molecule has 1 aliphatic heterocycles. The molecule has 1 atom stereocenters. The summed E-state index contributed by atoms with van der Waals surface area (Å²) in [4.78, 5) is 5.15. The van der Waals surface area contributed by atoms with Gasteiger partial charge in [-0.3, -0.25) is 4.90 Å². The van der Waals surface area contributed by atoms with E-state index >= 15 is 0 Å². The lowest BCUT2D eigenvalue weighted by Gasteiger charge is -2.33. The van der Waals surface area contributed by atoms with E-state index in [0.717, 1.165) is 19.0 Å². The molecular formula is C14H31N3. The van der Waals surface area contributed by atoms with Crippen molar-refractivity contribution in [1.82, 2.24) is 15.1 Å². The maximum Gasteiger partial charge on any atom is 0.0244 e. The van der Waals surface area contributed by atoms with Crippen molar-refractivity contribution in [2.45, 2.75) is 39.7 Å². The van der Waals surface area contributed by atoms with Crippen molar-refractivity contribution in [2.24, 2.45) is 5.92 Å². The third-order valence-corrected chi connectivity index (χ3v) is 3.77. The lowest BCUT2D eigenvalue weighted by Crippen LogP contribution is -2.47. The van der Waals surface area contributed by atoms with Crippen molar-refractivity contribution in [3.63, 3.8) is 0 Å². The average Bonchev–Trinajstić information content (AvgIpc) is 2.49. The van der Waals surface area contributed by atoms with Crippen LogP contribution in [0.15, 0.2) is 0 Å². The van der Waals surface area contributed by atoms with Gasteiger partial charge in [0.2, 0.25) is 0 Å². The maximum absolute atomic E-state index is 3.59. The molecule has 0 aromatic carbocycles. The quantitative estimate of drug-likeness (QED) is 0.713. The second kappa shape index (κ2) is 8.06. The first-order valence-electron chi connectivity index (χ1n) is 7.28. The summed E-state index contributed by atoms with van der Waals surface area (Å²) in [5, 5.41) is 3.59. The van der Waals surface area contributed by atoms with Crippen LogP contribution in [-0.4, -0.2) is 62.2 Å². The fourth-order valence-corrected chi connectivity index (χ4v) is 2.61. The second-order valence-corrected chi connectivity index (χ2v) is 5.71. The number of nitrogens with zero attached hydrogens (tertiary/aromatic N) is 2. The smallest absolute Gasteiger partial charge is 0.0244 e. The Hall–Kier alpha value is -0.120. The van der Waals surface area contributed by atoms with Gasteiger partial charge < -0.3 is 10.2 Å². The Balaban J connectivity index is 2.44. The normalized spacial score (nSPS) is 21.7. The van der Waals surface area contributed by atoms with Crippen LogP contribution < -0.4 is 5.32 Å². The SMILES string of the molecule is CCCNCC(C(C)C)N1CCCN(C)CC1. The van der Waals surface area contributed by atoms with Crippen molar-refractivity contribution in [2.75, 3.05) is 46.3 Å². The van der Waals surface area contributed by atoms with Gasteiger partial charge in [-0.2, -0.15) is 0 Å². The van der Waals surface area contributed by atoms with Crippen molar-refractivity contribution < 1.29 is 0 Å². The molecule has 0 aromatic rings. The standard InChI is InChI=1S/C14H31N3/c1-5-7-15-12-14(13(2)3)17-9-6-8-16(4)10-11-17/h13-15H,5-12H2,1-4H3. The predicted octanol–water partition coefficient (Wildman–Crippen LogP) is 1.65. The molecule has 17 heavy (non-hydrogen) atoms. The number of hydrogen-bond acceptors (Lipinski definition) is 3. The van der Waals surface area contributed by atoms with E-state index in [4.69, 9.17) is 0 Å². The Kier molecular flexibility index (Phi) is 7.09. The summed E-state index contributed by atoms with van der Waals surface area (Å²) in [6, 6.07) is 0.702. The van der Waals surface area contributed by atoms with Gasteiger partial charge in [-0.15, -0.1) is 0 Å². The zero-order valence-electron chi connectivity index (χ0n) is 12.2. The molecule has 0 radical (unpaired) electrons. The minimum Gasteiger partial charge on any atom is -0.315 e. The lowest BCUT2D eigenvalue weighted by atomic mass is 10.0. The number of hydrogen-bond donors (Lipinski definition) is 1. The first-order chi connectivity index (χ1) is 8.15. The van der Waals surface area contributed by atoms with E-state index in [0.29, 0.717) is 6.04 Å². The molecule has 0 amide bonds. The van der Waals surface area contributed by atoms with Gasteiger partial charge in [0.25, 0.3) is 0 Å². The highest BCUT2D eigenvalue weighted by Gasteiger charge is 2.23. The Bertz CT molecular complexity index is 194. The van der Waals surface area contributed by atoms with Gasteiger partial charge in [0.1, 0.15) is 0 Å². The molecule has 3 nitrogen and oxygen atoms in total. The summed E-state index contributed by atoms with van der Waals surface area (Å²) in [7, 11) is 2.24. The summed E-state index contributed by atoms with van der Waals surface area (Å²) < 4.78 is 0. The van der Waals surface area contributed by atoms with Gasteiger partial charge in [0.05, 0.1) is 0 Å². The van der Waals surface area contributed by atoms with Crippen LogP contribution in [0.5, 0.6) is 0 Å². The molecule has 1 saturated heterocycles. The third kappa shape index (κ3) is 5.36. The molecule has 1 fully saturated rings. The zero-order chi connectivity index (χ0) is 12.7. The lowest BCUT2D eigenvalue weighted by molar-refractivity contribution is 0.157. The molecule has 0 bridgehead atoms. The molecule has 0 saturated carbocycles. The van der Waals surface area contributed by atoms with E-state index in [1.54, 1.807) is 0 Å². The fraction of sp³-hybridized carbons (Fsp3) is 1.00. The molecular weight excluding hydrogens is 210 g/mol. The van der Waals surface area contributed by atoms with Gasteiger partial charge in [-0.25, -0.2) is 0 Å². The molecule has 0 spiro atoms. The van der Waals surface area contributed by atoms with Crippen LogP contribution in [0.2, 0.25) is 0 Å². The predicted molar refractivity (Wildman–Crippen MR) is 75.5 cm³/mol. The minimum atomic E-state index is 0.702. The summed E-state index contributed by atoms with van der Waals surface area (Å²) in [6.07, 6.45) is 2.54. The first-order valence-corrected chi connectivity index (χ1v) is 7.28. The van der Waals surface area contributed by atoms with Crippen LogP contribution in [0.4, 0.5) is 0 Å². The van der Waals surface area contributed by atoms with Gasteiger partial charge in [0.15, 0.2) is 0 Å². The van der Waals surface area contributed by atoms with Crippen LogP contribution in [0.3, 0.4) is 0 Å². The molecule has 1 heterocycles. The summed E-state index contributed by atoms with van der Waals surface area (Å²) in [5.41, 5.74) is 0. The topological polar surface area (TPSA) is 18.5 Å². The van der Waals surface area contributed by atoms with Gasteiger partial charge in [0, 0.05) is 25.7 Å². The van der Waals surface area contributed by atoms with Crippen LogP contribution in [0.25, 0.3) is 0 Å². The molecule has 0 aliphatic carbocycles. The van der Waals surface area contributed by atoms with Crippen LogP contribution in [0, 0.1) is 5.92 Å². The van der Waals surface area contributed by atoms with Crippen molar-refractivity contribution in [3.8, 4) is 0 Å². The molecule has 0 aromatic heterocycles. The Morgan fingerprint density at radius 3 is 2.53 bits per heavy atom. The van der Waals surface area contributed by atoms with Crippen molar-refractivity contribution >= 4 is 0 Å². The average molecular weight is 241 g/mol. The van der Waals surface area contributed by atoms with Crippen molar-refractivity contribution in [1.29, 1.82) is 0 Å². The van der Waals surface area contributed by atoms with E-state index in [9.17, 15) is 0 Å². The zero-order valence-corrected chi connectivity index (χ0v) is 12.2. The van der Waals surface area contributed by atoms with Gasteiger partial charge in [-0.05, 0) is 45.4 Å². The number of nitrogens with one attached hydrogen (secondary N) is 1. The third-order valence-electron chi connectivity index (χ3n) is 3.77. The monoisotopic (exact) mass is 241 g/mol. The highest BCUT2D eigenvalue weighted by atomic mass is 15.2. The van der Waals surface area contributed by atoms with E-state index in [2.05, 4.69) is 42.9 Å². The number of rotatable bonds is 6. The summed E-state index contributed by atoms with van der Waals surface area (Å²) >= 11 is 0. The van der Waals surface area contributed by atoms with Gasteiger partial charge >= 0.3 is 0 Å². The molecule has 1 N–H and O–H groups in total. The van der Waals surface area contributed by atoms with E-state index in [1.165, 1.54) is 39.0 Å². The Morgan fingerprint density at radius 1 is 1.12 bits per heavy atom. The minimum absolute atomic E-state index is 0.702. The van der Waals surface area contributed by atoms with E-state index < -0.39 is 0 Å². The highest BCUT2D eigenvalue weighted by Crippen LogP contribution is 2.13. The summed E-state index contributed by atoms with van der Waals surface area (Å²) in [5.74, 6) is 0.739. The van der Waals surface area contributed by atoms with Crippen LogP contribution >= 0.6 is 0 Å². The molecule has 1 rings (SSSR count). The Labute approximate surface area is 108 Å². The molecule has 3 heteroatoms. The van der Waals surface area contributed by atoms with Gasteiger partial charge in [-0.1, -0.05) is 20.8 Å². The highest BCUT2D eigenvalue weighted by molar-refractivity contribution is 4.80. The van der Waals surface area contributed by atoms with Crippen molar-refractivity contribution in [3.05, 3.63) is 0 Å². The summed E-state index contributed by atoms with van der Waals surface area (Å²) in [6.45, 7) is 14.2. The molecule has 102 valence electrons. The Morgan fingerprint density at radius 2 is 1.88 bits per heavy atom. The number of likely N-dealkylation sites (N-methyl/N-ethyl adjacent to an activating group) is 1.